The molecule has 0 amide bonds. The number of benzene rings is 2. The molecule has 1 aliphatic carbocycles. The lowest BCUT2D eigenvalue weighted by atomic mass is 9.66. The molecule has 0 radical (unpaired) electrons. The second kappa shape index (κ2) is 7.13. The summed E-state index contributed by atoms with van der Waals surface area (Å²) in [5.74, 6) is -2.02. The van der Waals surface area contributed by atoms with Crippen LogP contribution in [0.3, 0.4) is 0 Å². The Morgan fingerprint density at radius 1 is 1.11 bits per heavy atom. The molecule has 6 heteroatoms. The Morgan fingerprint density at radius 3 is 2.43 bits per heavy atom. The topological polar surface area (TPSA) is 95.2 Å². The summed E-state index contributed by atoms with van der Waals surface area (Å²) in [6, 6.07) is 18.7. The molecule has 0 unspecified atom stereocenters. The van der Waals surface area contributed by atoms with Gasteiger partial charge in [-0.2, -0.15) is 0 Å². The van der Waals surface area contributed by atoms with Gasteiger partial charge >= 0.3 is 5.97 Å². The summed E-state index contributed by atoms with van der Waals surface area (Å²) >= 11 is 0. The number of aromatic nitrogens is 2. The van der Waals surface area contributed by atoms with E-state index in [2.05, 4.69) is 10.2 Å². The molecule has 6 nitrogen and oxygen atoms in total. The summed E-state index contributed by atoms with van der Waals surface area (Å²) in [5.41, 5.74) is 1.11. The summed E-state index contributed by atoms with van der Waals surface area (Å²) in [6.45, 7) is 1.73. The van der Waals surface area contributed by atoms with Crippen LogP contribution in [0.25, 0.3) is 0 Å². The summed E-state index contributed by atoms with van der Waals surface area (Å²) in [4.78, 5) is 25.6. The van der Waals surface area contributed by atoms with Crippen LogP contribution in [-0.2, 0) is 22.6 Å². The quantitative estimate of drug-likeness (QED) is 0.608. The maximum Gasteiger partial charge on any atom is 0.313 e. The van der Waals surface area contributed by atoms with Crippen molar-refractivity contribution in [3.8, 4) is 0 Å². The molecular formula is C22H22N2O4. The number of H-pyrrole nitrogens is 2. The molecule has 0 spiro atoms. The van der Waals surface area contributed by atoms with Gasteiger partial charge in [0, 0.05) is 23.6 Å². The van der Waals surface area contributed by atoms with E-state index in [-0.39, 0.29) is 18.6 Å². The monoisotopic (exact) mass is 378 g/mol. The Kier molecular flexibility index (Phi) is 4.65. The Hall–Kier alpha value is -3.12. The fraction of sp³-hybridized carbons (Fsp3) is 0.273. The Bertz CT molecular complexity index is 1020. The molecule has 144 valence electrons. The van der Waals surface area contributed by atoms with Crippen molar-refractivity contribution in [2.45, 2.75) is 31.5 Å². The molecule has 4 rings (SSSR count). The first-order valence-electron chi connectivity index (χ1n) is 9.24. The molecule has 1 heterocycles. The average Bonchev–Trinajstić information content (AvgIpc) is 3.05. The van der Waals surface area contributed by atoms with Crippen LogP contribution in [0.15, 0.2) is 65.5 Å². The zero-order valence-electron chi connectivity index (χ0n) is 15.5. The Labute approximate surface area is 162 Å². The highest BCUT2D eigenvalue weighted by atomic mass is 16.5. The van der Waals surface area contributed by atoms with E-state index >= 15 is 0 Å². The summed E-state index contributed by atoms with van der Waals surface area (Å²) in [5, 5.41) is 16.6. The number of ether oxygens (including phenoxy) is 1. The third kappa shape index (κ3) is 3.27. The van der Waals surface area contributed by atoms with E-state index in [0.29, 0.717) is 11.3 Å². The van der Waals surface area contributed by atoms with Crippen molar-refractivity contribution < 1.29 is 14.6 Å². The molecule has 3 atom stereocenters. The van der Waals surface area contributed by atoms with E-state index in [1.165, 1.54) is 0 Å². The first-order valence-corrected chi connectivity index (χ1v) is 9.24. The minimum Gasteiger partial charge on any atom is -0.460 e. The minimum atomic E-state index is -1.37. The van der Waals surface area contributed by atoms with Gasteiger partial charge in [-0.15, -0.1) is 0 Å². The van der Waals surface area contributed by atoms with E-state index < -0.39 is 23.4 Å². The van der Waals surface area contributed by atoms with Gasteiger partial charge in [-0.1, -0.05) is 60.7 Å². The van der Waals surface area contributed by atoms with Crippen LogP contribution < -0.4 is 5.56 Å². The van der Waals surface area contributed by atoms with Crippen LogP contribution in [0.1, 0.15) is 35.2 Å². The van der Waals surface area contributed by atoms with Crippen LogP contribution in [0.2, 0.25) is 0 Å². The highest BCUT2D eigenvalue weighted by molar-refractivity contribution is 5.77. The number of hydrogen-bond donors (Lipinski definition) is 3. The van der Waals surface area contributed by atoms with Crippen molar-refractivity contribution >= 4 is 5.97 Å². The van der Waals surface area contributed by atoms with Gasteiger partial charge < -0.3 is 14.9 Å². The van der Waals surface area contributed by atoms with E-state index in [1.807, 2.05) is 60.7 Å². The minimum absolute atomic E-state index is 0.115. The molecule has 0 saturated heterocycles. The molecule has 0 fully saturated rings. The maximum absolute atomic E-state index is 13.1. The van der Waals surface area contributed by atoms with Crippen molar-refractivity contribution in [1.82, 2.24) is 10.2 Å². The van der Waals surface area contributed by atoms with Gasteiger partial charge in [0.25, 0.3) is 5.56 Å². The van der Waals surface area contributed by atoms with Crippen molar-refractivity contribution in [2.24, 2.45) is 5.92 Å². The number of nitrogens with one attached hydrogen (secondary N) is 2. The number of esters is 1. The molecule has 1 aromatic heterocycles. The van der Waals surface area contributed by atoms with Gasteiger partial charge in [0.2, 0.25) is 0 Å². The lowest BCUT2D eigenvalue weighted by Gasteiger charge is -2.40. The highest BCUT2D eigenvalue weighted by Crippen LogP contribution is 2.44. The van der Waals surface area contributed by atoms with Crippen molar-refractivity contribution in [3.05, 3.63) is 93.4 Å². The van der Waals surface area contributed by atoms with Crippen molar-refractivity contribution in [2.75, 3.05) is 0 Å². The van der Waals surface area contributed by atoms with E-state index in [1.54, 1.807) is 6.92 Å². The number of rotatable bonds is 4. The zero-order chi connectivity index (χ0) is 19.7. The molecule has 3 aromatic rings. The number of carbonyl (C=O) groups is 1. The SMILES string of the molecule is C[C@]1(O)Cc2[nH][nH]c(=O)c2[C@H](c2ccccc2)[C@@H]1C(=O)OCc1ccccc1. The molecule has 0 aliphatic heterocycles. The third-order valence-corrected chi connectivity index (χ3v) is 5.38. The fourth-order valence-corrected chi connectivity index (χ4v) is 4.09. The Balaban J connectivity index is 1.73. The first kappa shape index (κ1) is 18.3. The van der Waals surface area contributed by atoms with Crippen LogP contribution in [0.5, 0.6) is 0 Å². The van der Waals surface area contributed by atoms with E-state index in [0.717, 1.165) is 11.1 Å². The Morgan fingerprint density at radius 2 is 1.75 bits per heavy atom. The van der Waals surface area contributed by atoms with Crippen LogP contribution in [0, 0.1) is 5.92 Å². The van der Waals surface area contributed by atoms with Gasteiger partial charge in [0.15, 0.2) is 0 Å². The van der Waals surface area contributed by atoms with Crippen LogP contribution >= 0.6 is 0 Å². The molecule has 1 aliphatic rings. The van der Waals surface area contributed by atoms with Crippen LogP contribution in [-0.4, -0.2) is 26.9 Å². The lowest BCUT2D eigenvalue weighted by molar-refractivity contribution is -0.161. The molecular weight excluding hydrogens is 356 g/mol. The van der Waals surface area contributed by atoms with Gasteiger partial charge in [-0.25, -0.2) is 0 Å². The van der Waals surface area contributed by atoms with Gasteiger partial charge in [-0.05, 0) is 18.1 Å². The predicted molar refractivity (Wildman–Crippen MR) is 104 cm³/mol. The number of fused-ring (bicyclic) bond motifs is 1. The smallest absolute Gasteiger partial charge is 0.313 e. The predicted octanol–water partition coefficient (Wildman–Crippen LogP) is 2.50. The summed E-state index contributed by atoms with van der Waals surface area (Å²) in [6.07, 6.45) is 0.162. The summed E-state index contributed by atoms with van der Waals surface area (Å²) in [7, 11) is 0. The number of aromatic amines is 2. The molecule has 2 aromatic carbocycles. The standard InChI is InChI=1S/C22H22N2O4/c1-22(27)12-16-18(20(25)24-23-16)17(15-10-6-3-7-11-15)19(22)21(26)28-13-14-8-4-2-5-9-14/h2-11,17,19,27H,12-13H2,1H3,(H2,23,24,25)/t17-,19+,22-/m0/s1. The average molecular weight is 378 g/mol. The lowest BCUT2D eigenvalue weighted by Crippen LogP contribution is -2.50. The fourth-order valence-electron chi connectivity index (χ4n) is 4.09. The van der Waals surface area contributed by atoms with E-state index in [9.17, 15) is 14.7 Å². The molecule has 0 bridgehead atoms. The normalized spacial score (nSPS) is 23.8. The number of carbonyl (C=O) groups excluding carboxylic acids is 1. The van der Waals surface area contributed by atoms with Gasteiger partial charge in [0.05, 0.1) is 11.5 Å². The first-order chi connectivity index (χ1) is 13.5. The second-order valence-electron chi connectivity index (χ2n) is 7.46. The third-order valence-electron chi connectivity index (χ3n) is 5.38. The van der Waals surface area contributed by atoms with Gasteiger partial charge in [0.1, 0.15) is 6.61 Å². The van der Waals surface area contributed by atoms with Crippen molar-refractivity contribution in [1.29, 1.82) is 0 Å². The largest absolute Gasteiger partial charge is 0.460 e. The number of aliphatic hydroxyl groups is 1. The molecule has 0 saturated carbocycles. The van der Waals surface area contributed by atoms with Crippen molar-refractivity contribution in [3.63, 3.8) is 0 Å². The molecule has 28 heavy (non-hydrogen) atoms. The van der Waals surface area contributed by atoms with Crippen LogP contribution in [0.4, 0.5) is 0 Å². The molecule has 3 N–H and O–H groups in total. The van der Waals surface area contributed by atoms with E-state index in [4.69, 9.17) is 4.74 Å². The number of hydrogen-bond acceptors (Lipinski definition) is 4. The zero-order valence-corrected chi connectivity index (χ0v) is 15.5. The highest BCUT2D eigenvalue weighted by Gasteiger charge is 2.51. The summed E-state index contributed by atoms with van der Waals surface area (Å²) < 4.78 is 5.56. The van der Waals surface area contributed by atoms with Gasteiger partial charge in [-0.3, -0.25) is 14.7 Å². The second-order valence-corrected chi connectivity index (χ2v) is 7.46. The maximum atomic E-state index is 13.1.